The summed E-state index contributed by atoms with van der Waals surface area (Å²) < 4.78 is 0. The lowest BCUT2D eigenvalue weighted by Gasteiger charge is -2.15. The van der Waals surface area contributed by atoms with E-state index in [1.54, 1.807) is 4.90 Å². The van der Waals surface area contributed by atoms with Crippen molar-refractivity contribution in [2.24, 2.45) is 0 Å². The topological polar surface area (TPSA) is 32.3 Å². The number of anilines is 1. The summed E-state index contributed by atoms with van der Waals surface area (Å²) in [6, 6.07) is 5.41. The highest BCUT2D eigenvalue weighted by Crippen LogP contribution is 2.37. The van der Waals surface area contributed by atoms with E-state index in [1.807, 2.05) is 32.0 Å². The number of hydrogen-bond donors (Lipinski definition) is 1. The van der Waals surface area contributed by atoms with Gasteiger partial charge in [0.15, 0.2) is 0 Å². The molecule has 0 aliphatic carbocycles. The molecule has 0 aromatic heterocycles. The van der Waals surface area contributed by atoms with Gasteiger partial charge in [-0.1, -0.05) is 24.6 Å². The summed E-state index contributed by atoms with van der Waals surface area (Å²) in [7, 11) is 0. The average molecular weight is 239 g/mol. The number of hydrogen-bond acceptors (Lipinski definition) is 2. The first-order valence-corrected chi connectivity index (χ1v) is 5.91. The minimum atomic E-state index is -0.211. The fourth-order valence-electron chi connectivity index (χ4n) is 2.13. The lowest BCUT2D eigenvalue weighted by Crippen LogP contribution is -2.34. The normalized spacial score (nSPS) is 19.1. The number of carbonyl (C=O) groups excluding carboxylic acids is 1. The first-order chi connectivity index (χ1) is 7.69. The number of carbonyl (C=O) groups is 1. The molecular formula is C12H15ClN2O. The molecule has 0 saturated carbocycles. The highest BCUT2D eigenvalue weighted by Gasteiger charge is 2.35. The Kier molecular flexibility index (Phi) is 3.17. The lowest BCUT2D eigenvalue weighted by molar-refractivity contribution is -0.119. The third-order valence-corrected chi connectivity index (χ3v) is 3.07. The molecule has 1 aromatic rings. The van der Waals surface area contributed by atoms with Crippen LogP contribution in [0.25, 0.3) is 0 Å². The largest absolute Gasteiger partial charge is 0.311 e. The minimum Gasteiger partial charge on any atom is -0.311 e. The number of nitrogens with one attached hydrogen (secondary N) is 1. The maximum Gasteiger partial charge on any atom is 0.248 e. The number of benzene rings is 1. The molecule has 1 amide bonds. The van der Waals surface area contributed by atoms with E-state index in [1.165, 1.54) is 0 Å². The molecule has 1 aliphatic rings. The molecule has 1 aromatic carbocycles. The van der Waals surface area contributed by atoms with Crippen LogP contribution in [0, 0.1) is 0 Å². The van der Waals surface area contributed by atoms with Gasteiger partial charge in [-0.2, -0.15) is 0 Å². The predicted octanol–water partition coefficient (Wildman–Crippen LogP) is 2.36. The zero-order valence-corrected chi connectivity index (χ0v) is 10.2. The van der Waals surface area contributed by atoms with Crippen molar-refractivity contribution < 1.29 is 4.79 Å². The minimum absolute atomic E-state index is 0.113. The summed E-state index contributed by atoms with van der Waals surface area (Å²) >= 11 is 5.96. The second-order valence-electron chi connectivity index (χ2n) is 3.78. The molecule has 86 valence electrons. The van der Waals surface area contributed by atoms with Gasteiger partial charge in [0.05, 0.1) is 5.69 Å². The molecule has 1 heterocycles. The summed E-state index contributed by atoms with van der Waals surface area (Å²) in [6.07, 6.45) is 0. The number of rotatable bonds is 3. The van der Waals surface area contributed by atoms with E-state index in [0.717, 1.165) is 17.8 Å². The zero-order chi connectivity index (χ0) is 11.7. The van der Waals surface area contributed by atoms with Gasteiger partial charge in [0, 0.05) is 17.1 Å². The van der Waals surface area contributed by atoms with Crippen molar-refractivity contribution in [1.82, 2.24) is 5.32 Å². The lowest BCUT2D eigenvalue weighted by atomic mass is 10.1. The van der Waals surface area contributed by atoms with Crippen molar-refractivity contribution in [2.75, 3.05) is 18.0 Å². The Morgan fingerprint density at radius 1 is 1.44 bits per heavy atom. The smallest absolute Gasteiger partial charge is 0.248 e. The Balaban J connectivity index is 2.46. The summed E-state index contributed by atoms with van der Waals surface area (Å²) in [4.78, 5) is 13.9. The van der Waals surface area contributed by atoms with Crippen molar-refractivity contribution in [3.63, 3.8) is 0 Å². The molecule has 1 unspecified atom stereocenters. The molecule has 0 bridgehead atoms. The molecule has 0 saturated heterocycles. The zero-order valence-electron chi connectivity index (χ0n) is 9.46. The molecule has 1 atom stereocenters. The van der Waals surface area contributed by atoms with Crippen LogP contribution in [0.5, 0.6) is 0 Å². The van der Waals surface area contributed by atoms with Crippen LogP contribution in [0.4, 0.5) is 5.69 Å². The van der Waals surface area contributed by atoms with Crippen LogP contribution in [0.2, 0.25) is 5.02 Å². The maximum atomic E-state index is 12.1. The second-order valence-corrected chi connectivity index (χ2v) is 4.21. The first kappa shape index (κ1) is 11.4. The SMILES string of the molecule is CCNC1C(=O)N(CC)c2cc(Cl)ccc21. The van der Waals surface area contributed by atoms with Crippen LogP contribution in [-0.2, 0) is 4.79 Å². The van der Waals surface area contributed by atoms with E-state index < -0.39 is 0 Å². The van der Waals surface area contributed by atoms with Crippen molar-refractivity contribution in [3.05, 3.63) is 28.8 Å². The predicted molar refractivity (Wildman–Crippen MR) is 65.9 cm³/mol. The van der Waals surface area contributed by atoms with Crippen LogP contribution < -0.4 is 10.2 Å². The molecule has 4 heteroatoms. The highest BCUT2D eigenvalue weighted by molar-refractivity contribution is 6.31. The van der Waals surface area contributed by atoms with E-state index in [4.69, 9.17) is 11.6 Å². The van der Waals surface area contributed by atoms with Gasteiger partial charge in [-0.3, -0.25) is 4.79 Å². The van der Waals surface area contributed by atoms with Gasteiger partial charge in [-0.15, -0.1) is 0 Å². The summed E-state index contributed by atoms with van der Waals surface area (Å²) in [5.74, 6) is 0.113. The van der Waals surface area contributed by atoms with Crippen LogP contribution in [0.1, 0.15) is 25.5 Å². The summed E-state index contributed by atoms with van der Waals surface area (Å²) in [5, 5.41) is 3.87. The van der Waals surface area contributed by atoms with Crippen molar-refractivity contribution in [1.29, 1.82) is 0 Å². The molecule has 2 rings (SSSR count). The number of fused-ring (bicyclic) bond motifs is 1. The van der Waals surface area contributed by atoms with Gasteiger partial charge in [0.25, 0.3) is 0 Å². The third kappa shape index (κ3) is 1.70. The van der Waals surface area contributed by atoms with Gasteiger partial charge in [0.1, 0.15) is 6.04 Å². The second kappa shape index (κ2) is 4.44. The van der Waals surface area contributed by atoms with Crippen LogP contribution in [0.3, 0.4) is 0 Å². The number of halogens is 1. The van der Waals surface area contributed by atoms with Gasteiger partial charge >= 0.3 is 0 Å². The van der Waals surface area contributed by atoms with Crippen LogP contribution in [0.15, 0.2) is 18.2 Å². The Labute approximate surface area is 100 Å². The van der Waals surface area contributed by atoms with Crippen molar-refractivity contribution in [3.8, 4) is 0 Å². The molecule has 1 N–H and O–H groups in total. The fourth-order valence-corrected chi connectivity index (χ4v) is 2.30. The van der Waals surface area contributed by atoms with E-state index in [2.05, 4.69) is 5.32 Å². The molecule has 0 spiro atoms. The number of nitrogens with zero attached hydrogens (tertiary/aromatic N) is 1. The van der Waals surface area contributed by atoms with Gasteiger partial charge < -0.3 is 10.2 Å². The van der Waals surface area contributed by atoms with Crippen LogP contribution >= 0.6 is 11.6 Å². The molecular weight excluding hydrogens is 224 g/mol. The number of likely N-dealkylation sites (N-methyl/N-ethyl adjacent to an activating group) is 2. The number of amides is 1. The standard InChI is InChI=1S/C12H15ClN2O/c1-3-14-11-9-6-5-8(13)7-10(9)15(4-2)12(11)16/h5-7,11,14H,3-4H2,1-2H3. The van der Waals surface area contributed by atoms with Gasteiger partial charge in [-0.05, 0) is 25.6 Å². The first-order valence-electron chi connectivity index (χ1n) is 5.53. The van der Waals surface area contributed by atoms with E-state index in [0.29, 0.717) is 11.6 Å². The van der Waals surface area contributed by atoms with E-state index >= 15 is 0 Å². The summed E-state index contributed by atoms with van der Waals surface area (Å²) in [5.41, 5.74) is 1.96. The molecule has 16 heavy (non-hydrogen) atoms. The van der Waals surface area contributed by atoms with Crippen molar-refractivity contribution >= 4 is 23.2 Å². The fraction of sp³-hybridized carbons (Fsp3) is 0.417. The monoisotopic (exact) mass is 238 g/mol. The van der Waals surface area contributed by atoms with Gasteiger partial charge in [0.2, 0.25) is 5.91 Å². The average Bonchev–Trinajstić information content (AvgIpc) is 2.52. The van der Waals surface area contributed by atoms with Gasteiger partial charge in [-0.25, -0.2) is 0 Å². The Bertz CT molecular complexity index is 419. The Hall–Kier alpha value is -1.06. The van der Waals surface area contributed by atoms with Crippen LogP contribution in [-0.4, -0.2) is 19.0 Å². The Morgan fingerprint density at radius 2 is 2.19 bits per heavy atom. The third-order valence-electron chi connectivity index (χ3n) is 2.83. The summed E-state index contributed by atoms with van der Waals surface area (Å²) in [6.45, 7) is 5.42. The molecule has 0 radical (unpaired) electrons. The molecule has 1 aliphatic heterocycles. The molecule has 0 fully saturated rings. The highest BCUT2D eigenvalue weighted by atomic mass is 35.5. The molecule has 3 nitrogen and oxygen atoms in total. The van der Waals surface area contributed by atoms with E-state index in [9.17, 15) is 4.79 Å². The maximum absolute atomic E-state index is 12.1. The Morgan fingerprint density at radius 3 is 2.81 bits per heavy atom. The van der Waals surface area contributed by atoms with Crippen molar-refractivity contribution in [2.45, 2.75) is 19.9 Å². The quantitative estimate of drug-likeness (QED) is 0.877. The van der Waals surface area contributed by atoms with E-state index in [-0.39, 0.29) is 11.9 Å².